The highest BCUT2D eigenvalue weighted by atomic mass is 32.1. The van der Waals surface area contributed by atoms with Gasteiger partial charge in [-0.15, -0.1) is 11.3 Å². The second-order valence-electron chi connectivity index (χ2n) is 5.05. The Morgan fingerprint density at radius 1 is 1.21 bits per heavy atom. The molecule has 2 heterocycles. The van der Waals surface area contributed by atoms with Gasteiger partial charge in [0.25, 0.3) is 5.91 Å². The molecule has 1 aromatic carbocycles. The van der Waals surface area contributed by atoms with Gasteiger partial charge in [0.15, 0.2) is 11.5 Å². The van der Waals surface area contributed by atoms with Crippen molar-refractivity contribution in [1.82, 2.24) is 10.5 Å². The van der Waals surface area contributed by atoms with E-state index >= 15 is 0 Å². The second-order valence-corrected chi connectivity index (χ2v) is 6.00. The molecule has 2 aromatic heterocycles. The van der Waals surface area contributed by atoms with Crippen LogP contribution in [-0.2, 0) is 11.2 Å². The molecule has 0 saturated heterocycles. The number of nitrogens with one attached hydrogen (secondary N) is 2. The van der Waals surface area contributed by atoms with Crippen LogP contribution in [0.25, 0.3) is 10.6 Å². The maximum atomic E-state index is 12.2. The van der Waals surface area contributed by atoms with E-state index in [0.717, 1.165) is 10.4 Å². The minimum Gasteiger partial charge on any atom is -0.359 e. The van der Waals surface area contributed by atoms with Gasteiger partial charge in [-0.05, 0) is 29.1 Å². The van der Waals surface area contributed by atoms with Crippen molar-refractivity contribution in [1.29, 1.82) is 0 Å². The summed E-state index contributed by atoms with van der Waals surface area (Å²) in [5.41, 5.74) is 1.71. The summed E-state index contributed by atoms with van der Waals surface area (Å²) in [4.78, 5) is 24.5. The lowest BCUT2D eigenvalue weighted by atomic mass is 10.1. The van der Waals surface area contributed by atoms with Gasteiger partial charge < -0.3 is 15.2 Å². The number of hydrogen-bond donors (Lipinski definition) is 2. The van der Waals surface area contributed by atoms with Gasteiger partial charge in [0.1, 0.15) is 0 Å². The van der Waals surface area contributed by atoms with E-state index in [1.165, 1.54) is 11.3 Å². The summed E-state index contributed by atoms with van der Waals surface area (Å²) in [5, 5.41) is 11.1. The Kier molecular flexibility index (Phi) is 4.72. The lowest BCUT2D eigenvalue weighted by Gasteiger charge is -2.04. The lowest BCUT2D eigenvalue weighted by Crippen LogP contribution is -2.19. The van der Waals surface area contributed by atoms with E-state index in [2.05, 4.69) is 15.8 Å². The van der Waals surface area contributed by atoms with Gasteiger partial charge in [0, 0.05) is 18.8 Å². The molecule has 7 heteroatoms. The maximum absolute atomic E-state index is 12.2. The fraction of sp³-hybridized carbons (Fsp3) is 0.118. The molecule has 6 nitrogen and oxygen atoms in total. The van der Waals surface area contributed by atoms with Crippen LogP contribution in [0.4, 0.5) is 5.69 Å². The van der Waals surface area contributed by atoms with E-state index in [9.17, 15) is 9.59 Å². The summed E-state index contributed by atoms with van der Waals surface area (Å²) in [5.74, 6) is 0.159. The fourth-order valence-electron chi connectivity index (χ4n) is 2.09. The number of hydrogen-bond acceptors (Lipinski definition) is 5. The first-order chi connectivity index (χ1) is 11.7. The van der Waals surface area contributed by atoms with Crippen LogP contribution in [0.3, 0.4) is 0 Å². The molecule has 24 heavy (non-hydrogen) atoms. The van der Waals surface area contributed by atoms with E-state index < -0.39 is 0 Å². The molecule has 3 rings (SSSR count). The van der Waals surface area contributed by atoms with Gasteiger partial charge >= 0.3 is 0 Å². The standard InChI is InChI=1S/C17H15N3O3S/c1-18-16(21)9-11-4-6-12(7-5-11)19-17(22)13-10-14(23-20-13)15-3-2-8-24-15/h2-8,10H,9H2,1H3,(H,18,21)(H,19,22). The molecule has 0 spiro atoms. The number of benzene rings is 1. The van der Waals surface area contributed by atoms with Crippen molar-refractivity contribution in [3.8, 4) is 10.6 Å². The number of carbonyl (C=O) groups excluding carboxylic acids is 2. The highest BCUT2D eigenvalue weighted by molar-refractivity contribution is 7.13. The van der Waals surface area contributed by atoms with Crippen LogP contribution in [0.15, 0.2) is 52.4 Å². The van der Waals surface area contributed by atoms with Crippen molar-refractivity contribution < 1.29 is 14.1 Å². The predicted molar refractivity (Wildman–Crippen MR) is 92.0 cm³/mol. The van der Waals surface area contributed by atoms with Crippen molar-refractivity contribution in [2.24, 2.45) is 0 Å². The Hall–Kier alpha value is -2.93. The minimum atomic E-state index is -0.347. The third kappa shape index (κ3) is 3.69. The number of rotatable bonds is 5. The van der Waals surface area contributed by atoms with Gasteiger partial charge in [-0.25, -0.2) is 0 Å². The number of thiophene rings is 1. The molecular weight excluding hydrogens is 326 g/mol. The summed E-state index contributed by atoms with van der Waals surface area (Å²) < 4.78 is 5.20. The third-order valence-electron chi connectivity index (χ3n) is 3.36. The number of likely N-dealkylation sites (N-methyl/N-ethyl adjacent to an activating group) is 1. The molecule has 122 valence electrons. The number of aromatic nitrogens is 1. The van der Waals surface area contributed by atoms with E-state index in [1.807, 2.05) is 17.5 Å². The van der Waals surface area contributed by atoms with Gasteiger partial charge in [-0.3, -0.25) is 9.59 Å². The summed E-state index contributed by atoms with van der Waals surface area (Å²) in [6, 6.07) is 12.5. The van der Waals surface area contributed by atoms with Crippen LogP contribution in [0.2, 0.25) is 0 Å². The van der Waals surface area contributed by atoms with Crippen LogP contribution < -0.4 is 10.6 Å². The quantitative estimate of drug-likeness (QED) is 0.747. The van der Waals surface area contributed by atoms with Crippen molar-refractivity contribution in [3.63, 3.8) is 0 Å². The van der Waals surface area contributed by atoms with Gasteiger partial charge in [-0.1, -0.05) is 23.4 Å². The fourth-order valence-corrected chi connectivity index (χ4v) is 2.77. The largest absolute Gasteiger partial charge is 0.359 e. The smallest absolute Gasteiger partial charge is 0.277 e. The number of nitrogens with zero attached hydrogens (tertiary/aromatic N) is 1. The molecule has 0 unspecified atom stereocenters. The molecule has 0 saturated carbocycles. The molecule has 2 amide bonds. The summed E-state index contributed by atoms with van der Waals surface area (Å²) in [6.45, 7) is 0. The molecule has 0 aliphatic heterocycles. The Morgan fingerprint density at radius 2 is 2.00 bits per heavy atom. The lowest BCUT2D eigenvalue weighted by molar-refractivity contribution is -0.119. The van der Waals surface area contributed by atoms with E-state index in [1.54, 1.807) is 37.4 Å². The topological polar surface area (TPSA) is 84.2 Å². The van der Waals surface area contributed by atoms with Crippen LogP contribution in [-0.4, -0.2) is 24.0 Å². The zero-order valence-electron chi connectivity index (χ0n) is 12.9. The maximum Gasteiger partial charge on any atom is 0.277 e. The second kappa shape index (κ2) is 7.10. The first kappa shape index (κ1) is 15.9. The molecule has 0 fully saturated rings. The molecule has 0 atom stereocenters. The van der Waals surface area contributed by atoms with Gasteiger partial charge in [-0.2, -0.15) is 0 Å². The molecule has 0 aliphatic carbocycles. The minimum absolute atomic E-state index is 0.0597. The average molecular weight is 341 g/mol. The monoisotopic (exact) mass is 341 g/mol. The Morgan fingerprint density at radius 3 is 2.67 bits per heavy atom. The Balaban J connectivity index is 1.65. The number of amides is 2. The molecule has 0 aliphatic rings. The zero-order valence-corrected chi connectivity index (χ0v) is 13.7. The highest BCUT2D eigenvalue weighted by Gasteiger charge is 2.14. The van der Waals surface area contributed by atoms with Crippen molar-refractivity contribution in [2.75, 3.05) is 12.4 Å². The van der Waals surface area contributed by atoms with E-state index in [4.69, 9.17) is 4.52 Å². The van der Waals surface area contributed by atoms with Crippen molar-refractivity contribution >= 4 is 28.8 Å². The van der Waals surface area contributed by atoms with Crippen LogP contribution in [0.1, 0.15) is 16.1 Å². The van der Waals surface area contributed by atoms with Crippen molar-refractivity contribution in [3.05, 3.63) is 59.1 Å². The van der Waals surface area contributed by atoms with Gasteiger partial charge in [0.2, 0.25) is 5.91 Å². The summed E-state index contributed by atoms with van der Waals surface area (Å²) in [7, 11) is 1.60. The number of carbonyl (C=O) groups is 2. The van der Waals surface area contributed by atoms with Crippen LogP contribution in [0.5, 0.6) is 0 Å². The van der Waals surface area contributed by atoms with Crippen LogP contribution >= 0.6 is 11.3 Å². The molecule has 3 aromatic rings. The van der Waals surface area contributed by atoms with Crippen molar-refractivity contribution in [2.45, 2.75) is 6.42 Å². The normalized spacial score (nSPS) is 10.4. The third-order valence-corrected chi connectivity index (χ3v) is 4.25. The molecular formula is C17H15N3O3S. The van der Waals surface area contributed by atoms with Crippen LogP contribution in [0, 0.1) is 0 Å². The SMILES string of the molecule is CNC(=O)Cc1ccc(NC(=O)c2cc(-c3cccs3)on2)cc1. The predicted octanol–water partition coefficient (Wildman–Crippen LogP) is 2.94. The number of anilines is 1. The average Bonchev–Trinajstić information content (AvgIpc) is 3.27. The molecule has 0 radical (unpaired) electrons. The van der Waals surface area contributed by atoms with E-state index in [-0.39, 0.29) is 17.5 Å². The Labute approximate surface area is 142 Å². The first-order valence-electron chi connectivity index (χ1n) is 7.27. The zero-order chi connectivity index (χ0) is 16.9. The van der Waals surface area contributed by atoms with Gasteiger partial charge in [0.05, 0.1) is 11.3 Å². The molecule has 0 bridgehead atoms. The Bertz CT molecular complexity index is 838. The first-order valence-corrected chi connectivity index (χ1v) is 8.15. The molecule has 2 N–H and O–H groups in total. The highest BCUT2D eigenvalue weighted by Crippen LogP contribution is 2.25. The summed E-state index contributed by atoms with van der Waals surface area (Å²) >= 11 is 1.52. The van der Waals surface area contributed by atoms with E-state index in [0.29, 0.717) is 17.9 Å². The summed E-state index contributed by atoms with van der Waals surface area (Å²) in [6.07, 6.45) is 0.304.